The van der Waals surface area contributed by atoms with E-state index < -0.39 is 0 Å². The first-order chi connectivity index (χ1) is 9.20. The molecule has 2 atom stereocenters. The van der Waals surface area contributed by atoms with E-state index in [9.17, 15) is 5.11 Å². The first kappa shape index (κ1) is 13.9. The van der Waals surface area contributed by atoms with Crippen LogP contribution in [-0.4, -0.2) is 28.8 Å². The van der Waals surface area contributed by atoms with E-state index in [1.54, 1.807) is 6.07 Å². The van der Waals surface area contributed by atoms with Crippen LogP contribution in [0.3, 0.4) is 0 Å². The van der Waals surface area contributed by atoms with Crippen molar-refractivity contribution in [1.29, 1.82) is 0 Å². The highest BCUT2D eigenvalue weighted by Gasteiger charge is 2.21. The Morgan fingerprint density at radius 3 is 2.95 bits per heavy atom. The van der Waals surface area contributed by atoms with Crippen LogP contribution < -0.4 is 15.8 Å². The van der Waals surface area contributed by atoms with Crippen LogP contribution in [0.25, 0.3) is 0 Å². The molecule has 4 N–H and O–H groups in total. The van der Waals surface area contributed by atoms with Crippen molar-refractivity contribution >= 4 is 11.5 Å². The number of hydrogen-bond donors (Lipinski definition) is 3. The van der Waals surface area contributed by atoms with Gasteiger partial charge in [0.25, 0.3) is 0 Å². The highest BCUT2D eigenvalue weighted by atomic mass is 16.5. The molecule has 1 aromatic rings. The number of nitrogens with one attached hydrogen (secondary N) is 1. The fourth-order valence-electron chi connectivity index (χ4n) is 2.43. The molecule has 5 nitrogen and oxygen atoms in total. The average Bonchev–Trinajstić information content (AvgIpc) is 2.59. The van der Waals surface area contributed by atoms with Crippen LogP contribution in [0, 0.1) is 0 Å². The predicted molar refractivity (Wildman–Crippen MR) is 76.3 cm³/mol. The van der Waals surface area contributed by atoms with Crippen molar-refractivity contribution in [3.63, 3.8) is 0 Å². The summed E-state index contributed by atoms with van der Waals surface area (Å²) in [6.45, 7) is 2.43. The van der Waals surface area contributed by atoms with Gasteiger partial charge in [0, 0.05) is 0 Å². The van der Waals surface area contributed by atoms with Crippen molar-refractivity contribution in [1.82, 2.24) is 4.98 Å². The number of aliphatic hydroxyl groups excluding tert-OH is 1. The van der Waals surface area contributed by atoms with Gasteiger partial charge in [0.15, 0.2) is 0 Å². The average molecular weight is 265 g/mol. The van der Waals surface area contributed by atoms with Crippen molar-refractivity contribution < 1.29 is 9.84 Å². The summed E-state index contributed by atoms with van der Waals surface area (Å²) in [5.41, 5.74) is 6.33. The molecule has 2 unspecified atom stereocenters. The molecule has 1 aromatic heterocycles. The summed E-state index contributed by atoms with van der Waals surface area (Å²) in [6, 6.07) is 3.67. The van der Waals surface area contributed by atoms with E-state index in [2.05, 4.69) is 10.3 Å². The van der Waals surface area contributed by atoms with E-state index in [0.29, 0.717) is 24.0 Å². The van der Waals surface area contributed by atoms with Gasteiger partial charge < -0.3 is 20.9 Å². The van der Waals surface area contributed by atoms with Gasteiger partial charge in [-0.3, -0.25) is 0 Å². The maximum absolute atomic E-state index is 10.1. The molecule has 0 radical (unpaired) electrons. The summed E-state index contributed by atoms with van der Waals surface area (Å²) >= 11 is 0. The van der Waals surface area contributed by atoms with Crippen LogP contribution in [0.5, 0.6) is 5.88 Å². The quantitative estimate of drug-likeness (QED) is 0.727. The van der Waals surface area contributed by atoms with Gasteiger partial charge in [0.1, 0.15) is 5.82 Å². The number of nitrogens with zero attached hydrogens (tertiary/aromatic N) is 1. The van der Waals surface area contributed by atoms with Gasteiger partial charge >= 0.3 is 0 Å². The molecular weight excluding hydrogens is 242 g/mol. The Morgan fingerprint density at radius 2 is 2.16 bits per heavy atom. The van der Waals surface area contributed by atoms with Crippen molar-refractivity contribution in [3.05, 3.63) is 12.1 Å². The summed E-state index contributed by atoms with van der Waals surface area (Å²) in [6.07, 6.45) is 4.94. The molecule has 19 heavy (non-hydrogen) atoms. The summed E-state index contributed by atoms with van der Waals surface area (Å²) in [4.78, 5) is 4.35. The van der Waals surface area contributed by atoms with Gasteiger partial charge in [-0.1, -0.05) is 19.3 Å². The zero-order chi connectivity index (χ0) is 13.7. The molecule has 0 aliphatic heterocycles. The second-order valence-corrected chi connectivity index (χ2v) is 4.98. The summed E-state index contributed by atoms with van der Waals surface area (Å²) in [5.74, 6) is 1.17. The molecule has 0 amide bonds. The standard InChI is InChI=1S/C14H23N3O2/c1-2-19-14-10(15)8-9-13(17-14)16-11-6-4-3-5-7-12(11)18/h8-9,11-12,18H,2-7,15H2,1H3,(H,16,17). The number of pyridine rings is 1. The Hall–Kier alpha value is -1.49. The number of nitrogen functional groups attached to an aromatic ring is 1. The largest absolute Gasteiger partial charge is 0.476 e. The van der Waals surface area contributed by atoms with Crippen molar-refractivity contribution in [2.75, 3.05) is 17.7 Å². The molecule has 5 heteroatoms. The van der Waals surface area contributed by atoms with Crippen molar-refractivity contribution in [2.45, 2.75) is 51.2 Å². The third-order valence-corrected chi connectivity index (χ3v) is 3.48. The topological polar surface area (TPSA) is 80.4 Å². The van der Waals surface area contributed by atoms with Crippen LogP contribution in [0.15, 0.2) is 12.1 Å². The molecule has 1 saturated carbocycles. The number of hydrogen-bond acceptors (Lipinski definition) is 5. The monoisotopic (exact) mass is 265 g/mol. The van der Waals surface area contributed by atoms with Gasteiger partial charge in [-0.15, -0.1) is 0 Å². The van der Waals surface area contributed by atoms with Crippen LogP contribution in [0.1, 0.15) is 39.0 Å². The number of nitrogens with two attached hydrogens (primary N) is 1. The minimum Gasteiger partial charge on any atom is -0.476 e. The lowest BCUT2D eigenvalue weighted by molar-refractivity contribution is 0.144. The van der Waals surface area contributed by atoms with Gasteiger partial charge in [-0.25, -0.2) is 0 Å². The van der Waals surface area contributed by atoms with Gasteiger partial charge in [0.2, 0.25) is 5.88 Å². The van der Waals surface area contributed by atoms with Crippen LogP contribution >= 0.6 is 0 Å². The minimum atomic E-state index is -0.308. The Morgan fingerprint density at radius 1 is 1.37 bits per heavy atom. The molecule has 0 spiro atoms. The van der Waals surface area contributed by atoms with Gasteiger partial charge in [-0.2, -0.15) is 4.98 Å². The fraction of sp³-hybridized carbons (Fsp3) is 0.643. The summed E-state index contributed by atoms with van der Waals surface area (Å²) in [7, 11) is 0. The number of aliphatic hydroxyl groups is 1. The molecule has 1 heterocycles. The van der Waals surface area contributed by atoms with E-state index in [4.69, 9.17) is 10.5 Å². The lowest BCUT2D eigenvalue weighted by Gasteiger charge is -2.22. The molecule has 2 rings (SSSR count). The first-order valence-corrected chi connectivity index (χ1v) is 7.04. The van der Waals surface area contributed by atoms with E-state index in [0.717, 1.165) is 25.7 Å². The van der Waals surface area contributed by atoms with Gasteiger partial charge in [-0.05, 0) is 31.9 Å². The zero-order valence-electron chi connectivity index (χ0n) is 11.4. The lowest BCUT2D eigenvalue weighted by atomic mass is 10.1. The summed E-state index contributed by atoms with van der Waals surface area (Å²) in [5, 5.41) is 13.4. The number of rotatable bonds is 4. The van der Waals surface area contributed by atoms with Crippen molar-refractivity contribution in [2.24, 2.45) is 0 Å². The minimum absolute atomic E-state index is 0.0631. The molecular formula is C14H23N3O2. The van der Waals surface area contributed by atoms with Crippen LogP contribution in [0.4, 0.5) is 11.5 Å². The van der Waals surface area contributed by atoms with Gasteiger partial charge in [0.05, 0.1) is 24.4 Å². The molecule has 0 bridgehead atoms. The van der Waals surface area contributed by atoms with E-state index in [1.165, 1.54) is 6.42 Å². The maximum atomic E-state index is 10.1. The Balaban J connectivity index is 2.07. The lowest BCUT2D eigenvalue weighted by Crippen LogP contribution is -2.32. The van der Waals surface area contributed by atoms with E-state index >= 15 is 0 Å². The molecule has 0 saturated heterocycles. The number of aromatic nitrogens is 1. The van der Waals surface area contributed by atoms with Crippen LogP contribution in [0.2, 0.25) is 0 Å². The molecule has 1 aliphatic carbocycles. The Kier molecular flexibility index (Phi) is 4.85. The van der Waals surface area contributed by atoms with E-state index in [-0.39, 0.29) is 12.1 Å². The summed E-state index contributed by atoms with van der Waals surface area (Å²) < 4.78 is 5.38. The number of anilines is 2. The highest BCUT2D eigenvalue weighted by molar-refractivity contribution is 5.53. The Labute approximate surface area is 114 Å². The molecule has 1 aliphatic rings. The number of ether oxygens (including phenoxy) is 1. The van der Waals surface area contributed by atoms with Crippen LogP contribution in [-0.2, 0) is 0 Å². The van der Waals surface area contributed by atoms with E-state index in [1.807, 2.05) is 13.0 Å². The molecule has 1 fully saturated rings. The predicted octanol–water partition coefficient (Wildman–Crippen LogP) is 2.17. The fourth-order valence-corrected chi connectivity index (χ4v) is 2.43. The normalized spacial score (nSPS) is 23.7. The molecule has 0 aromatic carbocycles. The smallest absolute Gasteiger partial charge is 0.239 e. The Bertz CT molecular complexity index is 412. The maximum Gasteiger partial charge on any atom is 0.239 e. The second-order valence-electron chi connectivity index (χ2n) is 4.98. The third-order valence-electron chi connectivity index (χ3n) is 3.48. The molecule has 106 valence electrons. The third kappa shape index (κ3) is 3.73. The van der Waals surface area contributed by atoms with Crippen molar-refractivity contribution in [3.8, 4) is 5.88 Å². The SMILES string of the molecule is CCOc1nc(NC2CCCCCC2O)ccc1N. The second kappa shape index (κ2) is 6.61. The zero-order valence-corrected chi connectivity index (χ0v) is 11.4. The highest BCUT2D eigenvalue weighted by Crippen LogP contribution is 2.24. The first-order valence-electron chi connectivity index (χ1n) is 7.04.